The Kier molecular flexibility index (Phi) is 5.48. The highest BCUT2D eigenvalue weighted by atomic mass is 32.2. The highest BCUT2D eigenvalue weighted by Gasteiger charge is 2.24. The van der Waals surface area contributed by atoms with Gasteiger partial charge in [-0.15, -0.1) is 0 Å². The topological polar surface area (TPSA) is 80.5 Å². The summed E-state index contributed by atoms with van der Waals surface area (Å²) in [7, 11) is -3.52. The molecule has 0 atom stereocenters. The molecular weight excluding hydrogens is 326 g/mol. The van der Waals surface area contributed by atoms with E-state index in [1.165, 1.54) is 11.0 Å². The lowest BCUT2D eigenvalue weighted by atomic mass is 9.99. The van der Waals surface area contributed by atoms with Crippen molar-refractivity contribution in [3.63, 3.8) is 0 Å². The molecule has 0 bridgehead atoms. The molecule has 2 N–H and O–H groups in total. The van der Waals surface area contributed by atoms with Crippen LogP contribution in [-0.2, 0) is 14.8 Å². The summed E-state index contributed by atoms with van der Waals surface area (Å²) in [6.07, 6.45) is 3.30. The van der Waals surface area contributed by atoms with Crippen LogP contribution in [0.4, 0.5) is 8.78 Å². The summed E-state index contributed by atoms with van der Waals surface area (Å²) in [4.78, 5) is 13.6. The summed E-state index contributed by atoms with van der Waals surface area (Å²) in [5.74, 6) is -1.99. The van der Waals surface area contributed by atoms with Gasteiger partial charge in [-0.1, -0.05) is 6.07 Å². The minimum Gasteiger partial charge on any atom is -0.339 e. The second-order valence-electron chi connectivity index (χ2n) is 5.57. The van der Waals surface area contributed by atoms with Gasteiger partial charge in [0.05, 0.1) is 5.75 Å². The SMILES string of the molecule is NS(=O)(=O)CC1CCN(C(=O)/C=C/c2c(F)cccc2F)CC1. The molecule has 1 aliphatic heterocycles. The van der Waals surface area contributed by atoms with E-state index >= 15 is 0 Å². The van der Waals surface area contributed by atoms with Crippen LogP contribution >= 0.6 is 0 Å². The average molecular weight is 344 g/mol. The van der Waals surface area contributed by atoms with Gasteiger partial charge in [0.15, 0.2) is 0 Å². The van der Waals surface area contributed by atoms with Gasteiger partial charge in [0.2, 0.25) is 15.9 Å². The lowest BCUT2D eigenvalue weighted by Gasteiger charge is -2.30. The van der Waals surface area contributed by atoms with Crippen LogP contribution in [0.25, 0.3) is 6.08 Å². The van der Waals surface area contributed by atoms with Crippen molar-refractivity contribution in [2.45, 2.75) is 12.8 Å². The minimum absolute atomic E-state index is 0.0676. The number of carbonyl (C=O) groups is 1. The zero-order valence-corrected chi connectivity index (χ0v) is 13.2. The number of amides is 1. The van der Waals surface area contributed by atoms with E-state index < -0.39 is 21.7 Å². The van der Waals surface area contributed by atoms with Gasteiger partial charge in [0.1, 0.15) is 11.6 Å². The van der Waals surface area contributed by atoms with Crippen molar-refractivity contribution in [1.29, 1.82) is 0 Å². The number of halogens is 2. The van der Waals surface area contributed by atoms with Crippen molar-refractivity contribution in [1.82, 2.24) is 4.90 Å². The predicted octanol–water partition coefficient (Wildman–Crippen LogP) is 1.51. The number of primary sulfonamides is 1. The first-order valence-corrected chi connectivity index (χ1v) is 8.89. The Labute approximate surface area is 133 Å². The fourth-order valence-electron chi connectivity index (χ4n) is 2.58. The normalized spacial score (nSPS) is 16.9. The number of piperidine rings is 1. The Morgan fingerprint density at radius 1 is 1.26 bits per heavy atom. The fraction of sp³-hybridized carbons (Fsp3) is 0.400. The van der Waals surface area contributed by atoms with Crippen LogP contribution in [0.5, 0.6) is 0 Å². The van der Waals surface area contributed by atoms with Crippen molar-refractivity contribution in [2.75, 3.05) is 18.8 Å². The van der Waals surface area contributed by atoms with E-state index in [9.17, 15) is 22.0 Å². The number of likely N-dealkylation sites (tertiary alicyclic amines) is 1. The van der Waals surface area contributed by atoms with E-state index in [4.69, 9.17) is 5.14 Å². The molecule has 23 heavy (non-hydrogen) atoms. The number of carbonyl (C=O) groups excluding carboxylic acids is 1. The Hall–Kier alpha value is -1.80. The molecule has 1 aromatic rings. The van der Waals surface area contributed by atoms with Crippen molar-refractivity contribution < 1.29 is 22.0 Å². The smallest absolute Gasteiger partial charge is 0.246 e. The van der Waals surface area contributed by atoms with Crippen LogP contribution in [0, 0.1) is 17.6 Å². The Bertz CT molecular complexity index is 691. The van der Waals surface area contributed by atoms with Crippen LogP contribution < -0.4 is 5.14 Å². The molecule has 1 saturated heterocycles. The van der Waals surface area contributed by atoms with Crippen LogP contribution in [0.3, 0.4) is 0 Å². The summed E-state index contributed by atoms with van der Waals surface area (Å²) in [6.45, 7) is 0.784. The van der Waals surface area contributed by atoms with E-state index in [2.05, 4.69) is 0 Å². The number of rotatable bonds is 4. The molecule has 5 nitrogen and oxygen atoms in total. The van der Waals surface area contributed by atoms with Gasteiger partial charge < -0.3 is 4.90 Å². The quantitative estimate of drug-likeness (QED) is 0.841. The maximum Gasteiger partial charge on any atom is 0.246 e. The van der Waals surface area contributed by atoms with Gasteiger partial charge in [-0.25, -0.2) is 22.3 Å². The third-order valence-corrected chi connectivity index (χ3v) is 4.72. The lowest BCUT2D eigenvalue weighted by Crippen LogP contribution is -2.39. The molecule has 0 saturated carbocycles. The molecule has 126 valence electrons. The molecule has 8 heteroatoms. The summed E-state index contributed by atoms with van der Waals surface area (Å²) in [5.41, 5.74) is -0.259. The Morgan fingerprint density at radius 3 is 2.35 bits per heavy atom. The van der Waals surface area contributed by atoms with Crippen molar-refractivity contribution in [2.24, 2.45) is 11.1 Å². The Balaban J connectivity index is 1.94. The van der Waals surface area contributed by atoms with Gasteiger partial charge in [-0.2, -0.15) is 0 Å². The molecule has 0 aliphatic carbocycles. The zero-order valence-electron chi connectivity index (χ0n) is 12.4. The summed E-state index contributed by atoms with van der Waals surface area (Å²) >= 11 is 0. The summed E-state index contributed by atoms with van der Waals surface area (Å²) < 4.78 is 49.0. The molecule has 0 unspecified atom stereocenters. The second-order valence-corrected chi connectivity index (χ2v) is 7.23. The van der Waals surface area contributed by atoms with Gasteiger partial charge in [-0.3, -0.25) is 4.79 Å². The zero-order chi connectivity index (χ0) is 17.0. The molecule has 1 heterocycles. The van der Waals surface area contributed by atoms with Crippen LogP contribution in [-0.4, -0.2) is 38.1 Å². The summed E-state index contributed by atoms with van der Waals surface area (Å²) in [6, 6.07) is 3.48. The van der Waals surface area contributed by atoms with Crippen molar-refractivity contribution >= 4 is 22.0 Å². The largest absolute Gasteiger partial charge is 0.339 e. The molecule has 1 aromatic carbocycles. The summed E-state index contributed by atoms with van der Waals surface area (Å²) in [5, 5.41) is 5.01. The standard InChI is InChI=1S/C15H18F2N2O3S/c16-13-2-1-3-14(17)12(13)4-5-15(20)19-8-6-11(7-9-19)10-23(18,21)22/h1-5,11H,6-10H2,(H2,18,21,22)/b5-4+. The maximum atomic E-state index is 13.5. The molecule has 2 rings (SSSR count). The van der Waals surface area contributed by atoms with Gasteiger partial charge >= 0.3 is 0 Å². The molecule has 1 amide bonds. The van der Waals surface area contributed by atoms with Crippen molar-refractivity contribution in [3.8, 4) is 0 Å². The average Bonchev–Trinajstić information content (AvgIpc) is 2.45. The molecule has 1 aliphatic rings. The monoisotopic (exact) mass is 344 g/mol. The number of benzene rings is 1. The van der Waals surface area contributed by atoms with E-state index in [0.29, 0.717) is 25.9 Å². The van der Waals surface area contributed by atoms with E-state index in [-0.39, 0.29) is 23.1 Å². The molecule has 0 spiro atoms. The minimum atomic E-state index is -3.52. The first-order chi connectivity index (χ1) is 10.8. The molecular formula is C15H18F2N2O3S. The van der Waals surface area contributed by atoms with E-state index in [0.717, 1.165) is 24.3 Å². The third-order valence-electron chi connectivity index (χ3n) is 3.79. The van der Waals surface area contributed by atoms with Crippen LogP contribution in [0.2, 0.25) is 0 Å². The fourth-order valence-corrected chi connectivity index (χ4v) is 3.57. The highest BCUT2D eigenvalue weighted by Crippen LogP contribution is 2.19. The molecule has 0 aromatic heterocycles. The number of hydrogen-bond donors (Lipinski definition) is 1. The van der Waals surface area contributed by atoms with Gasteiger partial charge in [-0.05, 0) is 37.0 Å². The van der Waals surface area contributed by atoms with Gasteiger partial charge in [0, 0.05) is 24.7 Å². The number of sulfonamides is 1. The van der Waals surface area contributed by atoms with Crippen LogP contribution in [0.1, 0.15) is 18.4 Å². The first kappa shape index (κ1) is 17.6. The van der Waals surface area contributed by atoms with E-state index in [1.807, 2.05) is 0 Å². The van der Waals surface area contributed by atoms with E-state index in [1.54, 1.807) is 0 Å². The molecule has 0 radical (unpaired) electrons. The third kappa shape index (κ3) is 5.11. The highest BCUT2D eigenvalue weighted by molar-refractivity contribution is 7.89. The number of hydrogen-bond acceptors (Lipinski definition) is 3. The van der Waals surface area contributed by atoms with Gasteiger partial charge in [0.25, 0.3) is 0 Å². The van der Waals surface area contributed by atoms with Crippen molar-refractivity contribution in [3.05, 3.63) is 41.5 Å². The number of nitrogens with zero attached hydrogens (tertiary/aromatic N) is 1. The second kappa shape index (κ2) is 7.18. The maximum absolute atomic E-state index is 13.5. The first-order valence-electron chi connectivity index (χ1n) is 7.18. The number of nitrogens with two attached hydrogens (primary N) is 1. The van der Waals surface area contributed by atoms with Crippen LogP contribution in [0.15, 0.2) is 24.3 Å². The lowest BCUT2D eigenvalue weighted by molar-refractivity contribution is -0.127. The Morgan fingerprint density at radius 2 is 1.83 bits per heavy atom. The predicted molar refractivity (Wildman–Crippen MR) is 82.7 cm³/mol. The molecule has 1 fully saturated rings.